The summed E-state index contributed by atoms with van der Waals surface area (Å²) in [5.41, 5.74) is 0.125. The largest absolute Gasteiger partial charge is 0.416 e. The molecule has 0 spiro atoms. The third-order valence-electron chi connectivity index (χ3n) is 5.86. The number of halogens is 4. The molecule has 0 aliphatic carbocycles. The van der Waals surface area contributed by atoms with Gasteiger partial charge < -0.3 is 19.7 Å². The summed E-state index contributed by atoms with van der Waals surface area (Å²) in [5, 5.41) is 9.73. The van der Waals surface area contributed by atoms with Crippen molar-refractivity contribution < 1.29 is 36.1 Å². The minimum Gasteiger partial charge on any atom is -0.352 e. The molecule has 4 aromatic rings. The molecule has 0 fully saturated rings. The molecule has 16 heteroatoms. The van der Waals surface area contributed by atoms with Crippen LogP contribution in [0.15, 0.2) is 67.4 Å². The molecule has 1 amide bonds. The zero-order valence-electron chi connectivity index (χ0n) is 23.3. The fourth-order valence-corrected chi connectivity index (χ4v) is 5.54. The number of nitrogens with one attached hydrogen (secondary N) is 2. The summed E-state index contributed by atoms with van der Waals surface area (Å²) < 4.78 is 80.8. The lowest BCUT2D eigenvalue weighted by molar-refractivity contribution is -0.137. The quantitative estimate of drug-likeness (QED) is 0.0991. The number of amides is 1. The number of hydrogen-bond acceptors (Lipinski definition) is 9. The van der Waals surface area contributed by atoms with Gasteiger partial charge in [0, 0.05) is 41.9 Å². The Morgan fingerprint density at radius 2 is 1.72 bits per heavy atom. The molecule has 0 atom stereocenters. The van der Waals surface area contributed by atoms with Crippen molar-refractivity contribution in [2.75, 3.05) is 35.1 Å². The van der Waals surface area contributed by atoms with Crippen LogP contribution in [0.2, 0.25) is 0 Å². The van der Waals surface area contributed by atoms with E-state index in [9.17, 15) is 22.5 Å². The number of carbonyl (C=O) groups is 1. The Balaban J connectivity index is 1.60. The van der Waals surface area contributed by atoms with Crippen molar-refractivity contribution in [1.29, 1.82) is 0 Å². The first kappa shape index (κ1) is 31.6. The van der Waals surface area contributed by atoms with E-state index in [0.717, 1.165) is 18.5 Å². The molecule has 0 aliphatic heterocycles. The molecule has 2 heterocycles. The Bertz CT molecular complexity index is 1610. The van der Waals surface area contributed by atoms with Crippen LogP contribution in [0, 0.1) is 0 Å². The Hall–Kier alpha value is -4.33. The number of aryl methyl sites for hydroxylation is 1. The maximum absolute atomic E-state index is 15.8. The van der Waals surface area contributed by atoms with Gasteiger partial charge in [0.2, 0.25) is 5.91 Å². The highest BCUT2D eigenvalue weighted by molar-refractivity contribution is 7.54. The van der Waals surface area contributed by atoms with E-state index in [4.69, 9.17) is 9.05 Å². The van der Waals surface area contributed by atoms with Gasteiger partial charge in [-0.15, -0.1) is 0 Å². The molecule has 0 bridgehead atoms. The lowest BCUT2D eigenvalue weighted by Gasteiger charge is -2.19. The number of aromatic nitrogens is 4. The van der Waals surface area contributed by atoms with Crippen LogP contribution in [0.5, 0.6) is 0 Å². The van der Waals surface area contributed by atoms with Gasteiger partial charge in [-0.05, 0) is 50.2 Å². The molecule has 0 saturated carbocycles. The number of anilines is 5. The van der Waals surface area contributed by atoms with E-state index in [1.54, 1.807) is 27.1 Å². The van der Waals surface area contributed by atoms with Crippen LogP contribution in [0.4, 0.5) is 46.2 Å². The summed E-state index contributed by atoms with van der Waals surface area (Å²) in [6, 6.07) is 8.55. The van der Waals surface area contributed by atoms with Crippen LogP contribution in [0.25, 0.3) is 11.1 Å². The van der Waals surface area contributed by atoms with E-state index in [0.29, 0.717) is 5.69 Å². The summed E-state index contributed by atoms with van der Waals surface area (Å²) in [6.07, 6.45) is 0.273. The van der Waals surface area contributed by atoms with Crippen molar-refractivity contribution in [2.45, 2.75) is 20.0 Å². The second kappa shape index (κ2) is 13.3. The number of rotatable bonds is 12. The molecule has 0 unspecified atom stereocenters. The number of nitrogens with zero attached hydrogens (tertiary/aromatic N) is 5. The summed E-state index contributed by atoms with van der Waals surface area (Å²) >= 11 is 0. The minimum atomic E-state index is -4.62. The molecule has 0 aliphatic rings. The van der Waals surface area contributed by atoms with E-state index < -0.39 is 31.4 Å². The number of alkyl halides is 3. The van der Waals surface area contributed by atoms with Crippen molar-refractivity contribution in [3.63, 3.8) is 0 Å². The second-order valence-electron chi connectivity index (χ2n) is 9.03. The van der Waals surface area contributed by atoms with Crippen molar-refractivity contribution in [3.8, 4) is 11.1 Å². The van der Waals surface area contributed by atoms with Crippen LogP contribution in [0.1, 0.15) is 19.4 Å². The van der Waals surface area contributed by atoms with Gasteiger partial charge in [-0.2, -0.15) is 23.4 Å². The number of carbonyl (C=O) groups excluding carboxylic acids is 1. The molecule has 228 valence electrons. The van der Waals surface area contributed by atoms with Gasteiger partial charge in [0.1, 0.15) is 12.5 Å². The molecule has 2 aromatic carbocycles. The Labute approximate surface area is 244 Å². The molecular weight excluding hydrogens is 593 g/mol. The molecule has 2 N–H and O–H groups in total. The number of benzene rings is 2. The molecule has 0 saturated heterocycles. The molecular formula is C27H28F4N7O4P. The average molecular weight is 622 g/mol. The maximum Gasteiger partial charge on any atom is 0.416 e. The van der Waals surface area contributed by atoms with Gasteiger partial charge in [0.25, 0.3) is 0 Å². The highest BCUT2D eigenvalue weighted by Crippen LogP contribution is 2.48. The molecule has 0 radical (unpaired) electrons. The minimum absolute atomic E-state index is 0.000864. The molecule has 43 heavy (non-hydrogen) atoms. The van der Waals surface area contributed by atoms with Gasteiger partial charge >= 0.3 is 13.8 Å². The average Bonchev–Trinajstić information content (AvgIpc) is 3.37. The third-order valence-corrected chi connectivity index (χ3v) is 7.84. The summed E-state index contributed by atoms with van der Waals surface area (Å²) in [6.45, 7) is 3.46. The van der Waals surface area contributed by atoms with Crippen LogP contribution >= 0.6 is 7.60 Å². The van der Waals surface area contributed by atoms with E-state index in [1.807, 2.05) is 0 Å². The third kappa shape index (κ3) is 7.95. The predicted octanol–water partition coefficient (Wildman–Crippen LogP) is 6.87. The smallest absolute Gasteiger partial charge is 0.352 e. The van der Waals surface area contributed by atoms with Crippen LogP contribution in [0.3, 0.4) is 0 Å². The van der Waals surface area contributed by atoms with Crippen LogP contribution in [-0.4, -0.2) is 45.0 Å². The van der Waals surface area contributed by atoms with Crippen LogP contribution < -0.4 is 15.8 Å². The fourth-order valence-electron chi connectivity index (χ4n) is 4.07. The Kier molecular flexibility index (Phi) is 9.79. The highest BCUT2D eigenvalue weighted by atomic mass is 31.2. The monoisotopic (exact) mass is 621 g/mol. The maximum atomic E-state index is 15.8. The standard InChI is InChI=1S/C27H28F4N7O4P/c1-4-41-43(40,42-5-2)16-25(39)36-19-7-9-21(10-8-19)38(31)26-23(14-32-17-33-26)22-11-6-18(27(28,29)30)12-24(22)35-20-13-34-37(3)15-20/h6-15,17,35H,4-5,16H2,1-3H3,(H,36,39). The Morgan fingerprint density at radius 3 is 2.33 bits per heavy atom. The summed E-state index contributed by atoms with van der Waals surface area (Å²) in [7, 11) is -1.97. The molecule has 2 aromatic heterocycles. The van der Waals surface area contributed by atoms with Crippen molar-refractivity contribution in [2.24, 2.45) is 7.05 Å². The van der Waals surface area contributed by atoms with Crippen molar-refractivity contribution in [3.05, 3.63) is 72.9 Å². The number of hydrogen-bond donors (Lipinski definition) is 2. The predicted molar refractivity (Wildman–Crippen MR) is 153 cm³/mol. The lowest BCUT2D eigenvalue weighted by Crippen LogP contribution is -2.18. The highest BCUT2D eigenvalue weighted by Gasteiger charge is 2.32. The summed E-state index contributed by atoms with van der Waals surface area (Å²) in [5.74, 6) is -0.862. The Morgan fingerprint density at radius 1 is 1.02 bits per heavy atom. The van der Waals surface area contributed by atoms with Crippen LogP contribution in [-0.2, 0) is 31.6 Å². The normalized spacial score (nSPS) is 11.8. The zero-order valence-corrected chi connectivity index (χ0v) is 24.2. The van der Waals surface area contributed by atoms with E-state index >= 15 is 4.48 Å². The first-order chi connectivity index (χ1) is 20.4. The first-order valence-corrected chi connectivity index (χ1v) is 14.7. The fraction of sp³-hybridized carbons (Fsp3) is 0.259. The second-order valence-corrected chi connectivity index (χ2v) is 11.1. The van der Waals surface area contributed by atoms with Crippen molar-refractivity contribution in [1.82, 2.24) is 19.7 Å². The van der Waals surface area contributed by atoms with Crippen molar-refractivity contribution >= 4 is 42.1 Å². The summed E-state index contributed by atoms with van der Waals surface area (Å²) in [4.78, 5) is 20.5. The topological polar surface area (TPSA) is 124 Å². The van der Waals surface area contributed by atoms with Gasteiger partial charge in [0.15, 0.2) is 5.82 Å². The van der Waals surface area contributed by atoms with Gasteiger partial charge in [-0.25, -0.2) is 9.97 Å². The molecule has 4 rings (SSSR count). The molecule has 11 nitrogen and oxygen atoms in total. The van der Waals surface area contributed by atoms with Gasteiger partial charge in [-0.3, -0.25) is 14.0 Å². The van der Waals surface area contributed by atoms with Gasteiger partial charge in [0.05, 0.1) is 36.3 Å². The van der Waals surface area contributed by atoms with E-state index in [1.165, 1.54) is 47.4 Å². The SMILES string of the molecule is CCOP(=O)(CC(=O)Nc1ccc(N(F)c2ncncc2-c2ccc(C(F)(F)F)cc2Nc2cnn(C)c2)cc1)OCC. The van der Waals surface area contributed by atoms with Gasteiger partial charge in [-0.1, -0.05) is 10.5 Å². The van der Waals surface area contributed by atoms with E-state index in [2.05, 4.69) is 25.7 Å². The first-order valence-electron chi connectivity index (χ1n) is 12.9. The zero-order chi connectivity index (χ0) is 31.2. The van der Waals surface area contributed by atoms with E-state index in [-0.39, 0.29) is 52.3 Å². The lowest BCUT2D eigenvalue weighted by atomic mass is 10.0.